The average molecular weight is 377 g/mol. The number of phenolic OH excluding ortho intramolecular Hbond substituents is 1. The van der Waals surface area contributed by atoms with Gasteiger partial charge in [-0.1, -0.05) is 59.6 Å². The van der Waals surface area contributed by atoms with Crippen molar-refractivity contribution in [2.45, 2.75) is 84.5 Å². The van der Waals surface area contributed by atoms with Gasteiger partial charge in [0.15, 0.2) is 0 Å². The fourth-order valence-corrected chi connectivity index (χ4v) is 3.23. The molecule has 0 atom stereocenters. The van der Waals surface area contributed by atoms with Crippen molar-refractivity contribution in [2.75, 3.05) is 20.1 Å². The Bertz CT molecular complexity index is 589. The number of phenols is 1. The first-order valence-corrected chi connectivity index (χ1v) is 10.4. The smallest absolute Gasteiger partial charge is 0.220 e. The normalized spacial score (nSPS) is 11.8. The molecule has 3 N–H and O–H groups in total. The highest BCUT2D eigenvalue weighted by atomic mass is 16.3. The molecular weight excluding hydrogens is 336 g/mol. The third-order valence-electron chi connectivity index (χ3n) is 4.95. The first kappa shape index (κ1) is 23.5. The highest BCUT2D eigenvalue weighted by Crippen LogP contribution is 2.37. The van der Waals surface area contributed by atoms with E-state index in [-0.39, 0.29) is 17.2 Å². The fraction of sp³-hybridized carbons (Fsp3) is 0.696. The van der Waals surface area contributed by atoms with Gasteiger partial charge in [0.25, 0.3) is 0 Å². The maximum atomic E-state index is 12.1. The molecule has 154 valence electrons. The third-order valence-corrected chi connectivity index (χ3v) is 4.95. The van der Waals surface area contributed by atoms with Gasteiger partial charge in [-0.15, -0.1) is 0 Å². The van der Waals surface area contributed by atoms with Crippen LogP contribution in [-0.2, 0) is 16.6 Å². The van der Waals surface area contributed by atoms with E-state index >= 15 is 0 Å². The first-order chi connectivity index (χ1) is 12.7. The van der Waals surface area contributed by atoms with Gasteiger partial charge in [0.05, 0.1) is 0 Å². The zero-order chi connectivity index (χ0) is 20.4. The lowest BCUT2D eigenvalue weighted by Gasteiger charge is -2.24. The molecule has 1 rings (SSSR count). The molecule has 0 aliphatic carbocycles. The van der Waals surface area contributed by atoms with Gasteiger partial charge >= 0.3 is 0 Å². The second-order valence-electron chi connectivity index (χ2n) is 8.85. The number of carbonyl (C=O) groups is 1. The quantitative estimate of drug-likeness (QED) is 0.493. The Morgan fingerprint density at radius 3 is 2.26 bits per heavy atom. The first-order valence-electron chi connectivity index (χ1n) is 10.4. The summed E-state index contributed by atoms with van der Waals surface area (Å²) in [5, 5.41) is 16.8. The van der Waals surface area contributed by atoms with Crippen LogP contribution in [0.1, 0.15) is 89.3 Å². The summed E-state index contributed by atoms with van der Waals surface area (Å²) in [5.74, 6) is 0.772. The van der Waals surface area contributed by atoms with Gasteiger partial charge in [-0.05, 0) is 60.9 Å². The van der Waals surface area contributed by atoms with E-state index in [1.165, 1.54) is 12.8 Å². The molecule has 4 nitrogen and oxygen atoms in total. The van der Waals surface area contributed by atoms with Crippen LogP contribution in [0, 0.1) is 0 Å². The number of hydrogen-bond acceptors (Lipinski definition) is 3. The molecule has 27 heavy (non-hydrogen) atoms. The molecule has 1 aromatic rings. The van der Waals surface area contributed by atoms with Crippen LogP contribution in [0.15, 0.2) is 12.1 Å². The molecule has 1 amide bonds. The molecule has 0 aliphatic heterocycles. The van der Waals surface area contributed by atoms with Gasteiger partial charge in [-0.3, -0.25) is 4.79 Å². The lowest BCUT2D eigenvalue weighted by atomic mass is 9.82. The number of aromatic hydroxyl groups is 1. The molecule has 0 unspecified atom stereocenters. The monoisotopic (exact) mass is 376 g/mol. The minimum absolute atomic E-state index is 0.113. The predicted octanol–water partition coefficient (Wildman–Crippen LogP) is 4.64. The van der Waals surface area contributed by atoms with Crippen LogP contribution in [0.25, 0.3) is 0 Å². The Morgan fingerprint density at radius 2 is 1.70 bits per heavy atom. The molecule has 0 saturated heterocycles. The van der Waals surface area contributed by atoms with Crippen LogP contribution >= 0.6 is 0 Å². The number of carbonyl (C=O) groups excluding carboxylic acids is 1. The molecule has 0 bridgehead atoms. The summed E-state index contributed by atoms with van der Waals surface area (Å²) in [5.41, 5.74) is 2.94. The molecule has 0 aromatic heterocycles. The van der Waals surface area contributed by atoms with Crippen molar-refractivity contribution < 1.29 is 9.90 Å². The maximum absolute atomic E-state index is 12.1. The second kappa shape index (κ2) is 11.3. The fourth-order valence-electron chi connectivity index (χ4n) is 3.23. The van der Waals surface area contributed by atoms with Gasteiger partial charge in [0.2, 0.25) is 5.91 Å². The molecular formula is C23H40N2O2. The van der Waals surface area contributed by atoms with E-state index in [1.54, 1.807) is 0 Å². The molecule has 0 aliphatic rings. The molecule has 0 spiro atoms. The molecule has 4 heteroatoms. The average Bonchev–Trinajstić information content (AvgIpc) is 2.58. The van der Waals surface area contributed by atoms with E-state index in [9.17, 15) is 9.90 Å². The predicted molar refractivity (Wildman–Crippen MR) is 115 cm³/mol. The number of nitrogens with one attached hydrogen (secondary N) is 2. The van der Waals surface area contributed by atoms with E-state index in [0.29, 0.717) is 18.6 Å². The zero-order valence-electron chi connectivity index (χ0n) is 18.2. The van der Waals surface area contributed by atoms with Crippen LogP contribution in [0.2, 0.25) is 0 Å². The number of amides is 1. The van der Waals surface area contributed by atoms with E-state index in [0.717, 1.165) is 42.6 Å². The molecule has 0 heterocycles. The van der Waals surface area contributed by atoms with Crippen molar-refractivity contribution in [3.8, 4) is 5.75 Å². The lowest BCUT2D eigenvalue weighted by Crippen LogP contribution is -2.24. The number of benzene rings is 1. The maximum Gasteiger partial charge on any atom is 0.220 e. The SMILES string of the molecule is CNCCCCCCNC(=O)CCc1cc(C(C)C)c(O)c(C(C)(C)C)c1. The van der Waals surface area contributed by atoms with Crippen LogP contribution < -0.4 is 10.6 Å². The highest BCUT2D eigenvalue weighted by Gasteiger charge is 2.22. The summed E-state index contributed by atoms with van der Waals surface area (Å²) < 4.78 is 0. The van der Waals surface area contributed by atoms with Crippen molar-refractivity contribution in [1.29, 1.82) is 0 Å². The van der Waals surface area contributed by atoms with E-state index < -0.39 is 0 Å². The molecule has 0 fully saturated rings. The molecule has 0 saturated carbocycles. The van der Waals surface area contributed by atoms with Crippen molar-refractivity contribution >= 4 is 5.91 Å². The highest BCUT2D eigenvalue weighted by molar-refractivity contribution is 5.76. The summed E-state index contributed by atoms with van der Waals surface area (Å²) in [4.78, 5) is 12.1. The third kappa shape index (κ3) is 8.34. The van der Waals surface area contributed by atoms with Crippen LogP contribution in [0.3, 0.4) is 0 Å². The number of aryl methyl sites for hydroxylation is 1. The standard InChI is InChI=1S/C23H40N2O2/c1-17(2)19-15-18(16-20(22(19)27)23(3,4)5)11-12-21(26)25-14-10-8-7-9-13-24-6/h15-17,24,27H,7-14H2,1-6H3,(H,25,26). The number of rotatable bonds is 11. The van der Waals surface area contributed by atoms with Crippen LogP contribution in [0.5, 0.6) is 5.75 Å². The summed E-state index contributed by atoms with van der Waals surface area (Å²) >= 11 is 0. The molecule has 1 aromatic carbocycles. The summed E-state index contributed by atoms with van der Waals surface area (Å²) in [7, 11) is 1.98. The summed E-state index contributed by atoms with van der Waals surface area (Å²) in [6.07, 6.45) is 5.80. The number of unbranched alkanes of at least 4 members (excludes halogenated alkanes) is 3. The second-order valence-corrected chi connectivity index (χ2v) is 8.85. The van der Waals surface area contributed by atoms with Crippen molar-refractivity contribution in [3.05, 3.63) is 28.8 Å². The van der Waals surface area contributed by atoms with Crippen LogP contribution in [0.4, 0.5) is 0 Å². The Hall–Kier alpha value is -1.55. The Balaban J connectivity index is 2.56. The minimum atomic E-state index is -0.126. The summed E-state index contributed by atoms with van der Waals surface area (Å²) in [6.45, 7) is 12.3. The van der Waals surface area contributed by atoms with Crippen molar-refractivity contribution in [2.24, 2.45) is 0 Å². The van der Waals surface area contributed by atoms with E-state index in [4.69, 9.17) is 0 Å². The van der Waals surface area contributed by atoms with Gasteiger partial charge in [0, 0.05) is 13.0 Å². The Kier molecular flexibility index (Phi) is 9.86. The van der Waals surface area contributed by atoms with Crippen molar-refractivity contribution in [1.82, 2.24) is 10.6 Å². The zero-order valence-corrected chi connectivity index (χ0v) is 18.2. The minimum Gasteiger partial charge on any atom is -0.507 e. The lowest BCUT2D eigenvalue weighted by molar-refractivity contribution is -0.121. The van der Waals surface area contributed by atoms with Crippen LogP contribution in [-0.4, -0.2) is 31.2 Å². The Morgan fingerprint density at radius 1 is 1.07 bits per heavy atom. The largest absolute Gasteiger partial charge is 0.507 e. The summed E-state index contributed by atoms with van der Waals surface area (Å²) in [6, 6.07) is 4.13. The topological polar surface area (TPSA) is 61.4 Å². The van der Waals surface area contributed by atoms with Gasteiger partial charge in [-0.2, -0.15) is 0 Å². The van der Waals surface area contributed by atoms with Gasteiger partial charge in [-0.25, -0.2) is 0 Å². The molecule has 0 radical (unpaired) electrons. The van der Waals surface area contributed by atoms with Gasteiger partial charge < -0.3 is 15.7 Å². The van der Waals surface area contributed by atoms with E-state index in [2.05, 4.69) is 57.4 Å². The van der Waals surface area contributed by atoms with E-state index in [1.807, 2.05) is 7.05 Å². The van der Waals surface area contributed by atoms with Gasteiger partial charge in [0.1, 0.15) is 5.75 Å². The Labute approximate surface area is 166 Å². The van der Waals surface area contributed by atoms with Crippen molar-refractivity contribution in [3.63, 3.8) is 0 Å². The number of hydrogen-bond donors (Lipinski definition) is 3.